The molecule has 2 aromatic rings. The molecular weight excluding hydrogens is 513 g/mol. The van der Waals surface area contributed by atoms with Gasteiger partial charge in [0.15, 0.2) is 0 Å². The molecule has 1 aliphatic heterocycles. The second-order valence-electron chi connectivity index (χ2n) is 9.15. The van der Waals surface area contributed by atoms with Crippen LogP contribution in [0, 0.1) is 5.92 Å². The van der Waals surface area contributed by atoms with E-state index in [4.69, 9.17) is 27.9 Å². The van der Waals surface area contributed by atoms with E-state index in [9.17, 15) is 18.3 Å². The summed E-state index contributed by atoms with van der Waals surface area (Å²) in [5.41, 5.74) is 1.51. The number of nitrogens with zero attached hydrogens (tertiary/aromatic N) is 2. The van der Waals surface area contributed by atoms with Crippen LogP contribution < -0.4 is 9.46 Å². The number of amides is 1. The van der Waals surface area contributed by atoms with Crippen LogP contribution >= 0.6 is 23.2 Å². The number of ether oxygens (including phenoxy) is 1. The van der Waals surface area contributed by atoms with E-state index in [1.807, 2.05) is 26.1 Å². The van der Waals surface area contributed by atoms with Crippen LogP contribution in [0.4, 0.5) is 5.69 Å². The van der Waals surface area contributed by atoms with Crippen molar-refractivity contribution in [2.45, 2.75) is 32.5 Å². The highest BCUT2D eigenvalue weighted by atomic mass is 35.5. The molecule has 0 bridgehead atoms. The van der Waals surface area contributed by atoms with Crippen molar-refractivity contribution in [1.82, 2.24) is 9.80 Å². The fraction of sp³-hybridized carbons (Fsp3) is 0.458. The number of benzene rings is 2. The summed E-state index contributed by atoms with van der Waals surface area (Å²) >= 11 is 12.2. The molecule has 1 aliphatic rings. The van der Waals surface area contributed by atoms with Crippen molar-refractivity contribution in [2.24, 2.45) is 5.92 Å². The van der Waals surface area contributed by atoms with Crippen LogP contribution in [0.5, 0.6) is 5.75 Å². The van der Waals surface area contributed by atoms with Crippen molar-refractivity contribution in [3.05, 3.63) is 57.6 Å². The number of aliphatic hydroxyl groups excluding tert-OH is 1. The lowest BCUT2D eigenvalue weighted by Gasteiger charge is -2.38. The van der Waals surface area contributed by atoms with Crippen LogP contribution in [-0.4, -0.2) is 74.4 Å². The van der Waals surface area contributed by atoms with Gasteiger partial charge in [-0.2, -0.15) is 0 Å². The maximum absolute atomic E-state index is 13.4. The molecule has 0 unspecified atom stereocenters. The summed E-state index contributed by atoms with van der Waals surface area (Å²) in [4.78, 5) is 17.1. The third-order valence-corrected chi connectivity index (χ3v) is 7.24. The van der Waals surface area contributed by atoms with E-state index in [-0.39, 0.29) is 35.8 Å². The van der Waals surface area contributed by atoms with Crippen LogP contribution in [0.2, 0.25) is 10.0 Å². The van der Waals surface area contributed by atoms with Gasteiger partial charge in [-0.1, -0.05) is 36.2 Å². The van der Waals surface area contributed by atoms with E-state index in [0.29, 0.717) is 35.4 Å². The van der Waals surface area contributed by atoms with Gasteiger partial charge in [-0.15, -0.1) is 0 Å². The van der Waals surface area contributed by atoms with Crippen molar-refractivity contribution in [1.29, 1.82) is 0 Å². The lowest BCUT2D eigenvalue weighted by molar-refractivity contribution is 0.0341. The molecule has 192 valence electrons. The number of fused-ring (bicyclic) bond motifs is 1. The predicted octanol–water partition coefficient (Wildman–Crippen LogP) is 3.72. The predicted molar refractivity (Wildman–Crippen MR) is 139 cm³/mol. The number of hydrogen-bond acceptors (Lipinski definition) is 6. The molecule has 1 heterocycles. The Balaban J connectivity index is 1.90. The summed E-state index contributed by atoms with van der Waals surface area (Å²) in [6.45, 7) is 5.12. The number of anilines is 1. The van der Waals surface area contributed by atoms with Crippen molar-refractivity contribution in [2.75, 3.05) is 37.7 Å². The topological polar surface area (TPSA) is 99.2 Å². The molecule has 8 nitrogen and oxygen atoms in total. The zero-order valence-corrected chi connectivity index (χ0v) is 22.5. The molecule has 2 N–H and O–H groups in total. The molecule has 3 rings (SSSR count). The summed E-state index contributed by atoms with van der Waals surface area (Å²) in [6.07, 6.45) is 0.764. The van der Waals surface area contributed by atoms with Crippen LogP contribution in [-0.2, 0) is 16.6 Å². The maximum atomic E-state index is 13.4. The van der Waals surface area contributed by atoms with E-state index in [1.54, 1.807) is 30.0 Å². The smallest absolute Gasteiger partial charge is 0.258 e. The average Bonchev–Trinajstić information content (AvgIpc) is 2.77. The van der Waals surface area contributed by atoms with Crippen LogP contribution in [0.15, 0.2) is 36.4 Å². The van der Waals surface area contributed by atoms with E-state index in [2.05, 4.69) is 9.62 Å². The number of rotatable bonds is 8. The number of sulfonamides is 1. The molecule has 0 aliphatic carbocycles. The third-order valence-electron chi connectivity index (χ3n) is 5.90. The van der Waals surface area contributed by atoms with Crippen molar-refractivity contribution in [3.63, 3.8) is 0 Å². The average molecular weight is 545 g/mol. The summed E-state index contributed by atoms with van der Waals surface area (Å²) < 4.78 is 32.2. The minimum Gasteiger partial charge on any atom is -0.488 e. The molecule has 1 amide bonds. The largest absolute Gasteiger partial charge is 0.488 e. The van der Waals surface area contributed by atoms with Gasteiger partial charge in [0.1, 0.15) is 11.9 Å². The summed E-state index contributed by atoms with van der Waals surface area (Å²) in [6, 6.07) is 9.74. The van der Waals surface area contributed by atoms with Gasteiger partial charge < -0.3 is 14.7 Å². The minimum absolute atomic E-state index is 0.0498. The van der Waals surface area contributed by atoms with Crippen LogP contribution in [0.1, 0.15) is 29.8 Å². The van der Waals surface area contributed by atoms with E-state index >= 15 is 0 Å². The van der Waals surface area contributed by atoms with Gasteiger partial charge in [0.25, 0.3) is 5.91 Å². The molecule has 35 heavy (non-hydrogen) atoms. The van der Waals surface area contributed by atoms with Gasteiger partial charge >= 0.3 is 0 Å². The molecule has 11 heteroatoms. The van der Waals surface area contributed by atoms with E-state index in [1.165, 1.54) is 6.07 Å². The minimum atomic E-state index is -3.52. The Morgan fingerprint density at radius 3 is 2.57 bits per heavy atom. The molecule has 3 atom stereocenters. The summed E-state index contributed by atoms with van der Waals surface area (Å²) in [7, 11) is -1.55. The number of aliphatic hydroxyl groups is 1. The number of carbonyl (C=O) groups excluding carboxylic acids is 1. The lowest BCUT2D eigenvalue weighted by atomic mass is 9.99. The van der Waals surface area contributed by atoms with Crippen molar-refractivity contribution >= 4 is 44.8 Å². The van der Waals surface area contributed by atoms with Gasteiger partial charge in [0.05, 0.1) is 34.5 Å². The van der Waals surface area contributed by atoms with Crippen molar-refractivity contribution in [3.8, 4) is 5.75 Å². The normalized spacial score (nSPS) is 19.5. The number of carbonyl (C=O) groups is 1. The Morgan fingerprint density at radius 2 is 1.94 bits per heavy atom. The Labute approximate surface area is 216 Å². The SMILES string of the molecule is C[C@@H]1CN([C@H](C)CO)C(=O)c2cc(NS(C)(=O)=O)ccc2O[C@H]1CN(C)Cc1ccc(Cl)c(Cl)c1. The molecule has 0 spiro atoms. The maximum Gasteiger partial charge on any atom is 0.258 e. The molecular formula is C24H31Cl2N3O5S. The quantitative estimate of drug-likeness (QED) is 0.526. The van der Waals surface area contributed by atoms with Gasteiger partial charge in [-0.25, -0.2) is 8.42 Å². The van der Waals surface area contributed by atoms with Gasteiger partial charge in [0.2, 0.25) is 10.0 Å². The highest BCUT2D eigenvalue weighted by Crippen LogP contribution is 2.31. The number of hydrogen-bond donors (Lipinski definition) is 2. The Hall–Kier alpha value is -2.04. The molecule has 0 radical (unpaired) electrons. The third kappa shape index (κ3) is 7.24. The molecule has 2 aromatic carbocycles. The molecule has 0 aromatic heterocycles. The van der Waals surface area contributed by atoms with Gasteiger partial charge in [-0.05, 0) is 49.9 Å². The molecule has 0 fully saturated rings. The van der Waals surface area contributed by atoms with Crippen molar-refractivity contribution < 1.29 is 23.1 Å². The van der Waals surface area contributed by atoms with E-state index in [0.717, 1.165) is 11.8 Å². The highest BCUT2D eigenvalue weighted by molar-refractivity contribution is 7.92. The summed E-state index contributed by atoms with van der Waals surface area (Å²) in [5.74, 6) is -0.0111. The fourth-order valence-corrected chi connectivity index (χ4v) is 4.92. The summed E-state index contributed by atoms with van der Waals surface area (Å²) in [5, 5.41) is 10.8. The van der Waals surface area contributed by atoms with Crippen LogP contribution in [0.3, 0.4) is 0 Å². The standard InChI is InChI=1S/C24H31Cl2N3O5S/c1-15-11-29(16(2)14-30)24(31)19-10-18(27-35(4,32)33)6-8-22(19)34-23(15)13-28(3)12-17-5-7-20(25)21(26)9-17/h5-10,15-16,23,27,30H,11-14H2,1-4H3/t15-,16-,23+/m1/s1. The van der Waals surface area contributed by atoms with Gasteiger partial charge in [0, 0.05) is 31.2 Å². The van der Waals surface area contributed by atoms with E-state index < -0.39 is 16.1 Å². The second kappa shape index (κ2) is 11.3. The lowest BCUT2D eigenvalue weighted by Crippen LogP contribution is -2.49. The Morgan fingerprint density at radius 1 is 1.23 bits per heavy atom. The molecule has 0 saturated carbocycles. The fourth-order valence-electron chi connectivity index (χ4n) is 4.04. The first-order valence-electron chi connectivity index (χ1n) is 11.2. The Bertz CT molecular complexity index is 1180. The monoisotopic (exact) mass is 543 g/mol. The Kier molecular flexibility index (Phi) is 8.93. The number of nitrogens with one attached hydrogen (secondary N) is 1. The van der Waals surface area contributed by atoms with Crippen LogP contribution in [0.25, 0.3) is 0 Å². The molecule has 0 saturated heterocycles. The first-order valence-corrected chi connectivity index (χ1v) is 13.9. The second-order valence-corrected chi connectivity index (χ2v) is 11.7. The van der Waals surface area contributed by atoms with Gasteiger partial charge in [-0.3, -0.25) is 14.4 Å². The number of likely N-dealkylation sites (N-methyl/N-ethyl adjacent to an activating group) is 1. The first kappa shape index (κ1) is 27.5. The highest BCUT2D eigenvalue weighted by Gasteiger charge is 2.33. The number of halogens is 2. The first-order chi connectivity index (χ1) is 16.4. The zero-order valence-electron chi connectivity index (χ0n) is 20.2. The zero-order chi connectivity index (χ0) is 25.9.